The van der Waals surface area contributed by atoms with Gasteiger partial charge in [-0.1, -0.05) is 23.9 Å². The van der Waals surface area contributed by atoms with Crippen molar-refractivity contribution in [3.05, 3.63) is 23.2 Å². The van der Waals surface area contributed by atoms with Crippen LogP contribution in [0.5, 0.6) is 0 Å². The van der Waals surface area contributed by atoms with Crippen molar-refractivity contribution in [2.45, 2.75) is 54.8 Å². The SMILES string of the molecule is C[C@]1(CCCC(F)(F)F)C/C=C/[C@H]2COC(=O)N2CCSc2nc(cs2)C(=O)O1. The maximum atomic E-state index is 12.6. The number of rotatable bonds is 3. The number of alkyl halides is 3. The Morgan fingerprint density at radius 1 is 1.38 bits per heavy atom. The Bertz CT molecular complexity index is 783. The van der Waals surface area contributed by atoms with E-state index in [4.69, 9.17) is 9.47 Å². The predicted octanol–water partition coefficient (Wildman–Crippen LogP) is 4.66. The zero-order valence-electron chi connectivity index (χ0n) is 15.7. The van der Waals surface area contributed by atoms with Crippen LogP contribution in [0.4, 0.5) is 18.0 Å². The molecule has 0 aromatic carbocycles. The fourth-order valence-corrected chi connectivity index (χ4v) is 4.94. The lowest BCUT2D eigenvalue weighted by Gasteiger charge is -2.29. The molecule has 1 amide bonds. The van der Waals surface area contributed by atoms with E-state index in [2.05, 4.69) is 4.98 Å². The summed E-state index contributed by atoms with van der Waals surface area (Å²) < 4.78 is 49.0. The second-order valence-corrected chi connectivity index (χ2v) is 9.33. The normalized spacial score (nSPS) is 27.0. The summed E-state index contributed by atoms with van der Waals surface area (Å²) in [6, 6.07) is -0.256. The molecule has 1 saturated heterocycles. The average Bonchev–Trinajstić information content (AvgIpc) is 3.21. The van der Waals surface area contributed by atoms with E-state index in [1.54, 1.807) is 29.4 Å². The summed E-state index contributed by atoms with van der Waals surface area (Å²) in [5.74, 6) is -0.0505. The van der Waals surface area contributed by atoms with E-state index in [1.165, 1.54) is 23.1 Å². The van der Waals surface area contributed by atoms with Gasteiger partial charge in [-0.2, -0.15) is 13.2 Å². The standard InChI is InChI=1S/C18H21F3N2O4S2/c1-17(6-3-7-18(19,20)21)5-2-4-12-10-26-16(25)23(12)8-9-28-15-22-13(11-29-15)14(24)27-17/h2,4,11-12H,3,5-10H2,1H3/b4-2+/t12-,17+/m0/s1. The Labute approximate surface area is 174 Å². The topological polar surface area (TPSA) is 68.7 Å². The number of ether oxygens (including phenoxy) is 2. The van der Waals surface area contributed by atoms with Crippen LogP contribution in [0.3, 0.4) is 0 Å². The minimum atomic E-state index is -4.26. The third kappa shape index (κ3) is 6.11. The number of hydrogen-bond acceptors (Lipinski definition) is 7. The maximum absolute atomic E-state index is 12.6. The lowest BCUT2D eigenvalue weighted by molar-refractivity contribution is -0.137. The molecule has 2 bridgehead atoms. The van der Waals surface area contributed by atoms with Crippen molar-refractivity contribution in [2.24, 2.45) is 0 Å². The van der Waals surface area contributed by atoms with Crippen molar-refractivity contribution in [2.75, 3.05) is 18.9 Å². The van der Waals surface area contributed by atoms with Crippen LogP contribution in [0.2, 0.25) is 0 Å². The first-order chi connectivity index (χ1) is 13.7. The highest BCUT2D eigenvalue weighted by Gasteiger charge is 2.34. The van der Waals surface area contributed by atoms with Crippen molar-refractivity contribution in [1.29, 1.82) is 0 Å². The molecule has 2 aliphatic heterocycles. The second kappa shape index (κ2) is 8.95. The lowest BCUT2D eigenvalue weighted by atomic mass is 9.94. The molecule has 1 aromatic heterocycles. The molecule has 1 fully saturated rings. The number of esters is 1. The number of fused-ring (bicyclic) bond motifs is 3. The van der Waals surface area contributed by atoms with Crippen molar-refractivity contribution >= 4 is 35.2 Å². The monoisotopic (exact) mass is 450 g/mol. The first-order valence-corrected chi connectivity index (χ1v) is 11.0. The van der Waals surface area contributed by atoms with Gasteiger partial charge in [-0.05, 0) is 19.8 Å². The number of aromatic nitrogens is 1. The fraction of sp³-hybridized carbons (Fsp3) is 0.611. The van der Waals surface area contributed by atoms with Gasteiger partial charge in [-0.3, -0.25) is 4.90 Å². The molecule has 6 nitrogen and oxygen atoms in total. The number of thiazole rings is 1. The van der Waals surface area contributed by atoms with Gasteiger partial charge in [0.05, 0.1) is 6.04 Å². The van der Waals surface area contributed by atoms with E-state index >= 15 is 0 Å². The molecule has 29 heavy (non-hydrogen) atoms. The molecule has 0 unspecified atom stereocenters. The van der Waals surface area contributed by atoms with Gasteiger partial charge >= 0.3 is 18.2 Å². The molecular weight excluding hydrogens is 429 g/mol. The summed E-state index contributed by atoms with van der Waals surface area (Å²) in [7, 11) is 0. The molecule has 3 heterocycles. The first kappa shape index (κ1) is 21.9. The summed E-state index contributed by atoms with van der Waals surface area (Å²) in [6.07, 6.45) is -1.95. The molecule has 0 aliphatic carbocycles. The van der Waals surface area contributed by atoms with Gasteiger partial charge in [0.1, 0.15) is 12.2 Å². The lowest BCUT2D eigenvalue weighted by Crippen LogP contribution is -2.35. The van der Waals surface area contributed by atoms with Crippen LogP contribution in [0.1, 0.15) is 43.1 Å². The highest BCUT2D eigenvalue weighted by molar-refractivity contribution is 8.01. The van der Waals surface area contributed by atoms with Crippen molar-refractivity contribution in [3.8, 4) is 0 Å². The van der Waals surface area contributed by atoms with Gasteiger partial charge < -0.3 is 9.47 Å². The Kier molecular flexibility index (Phi) is 6.77. The summed E-state index contributed by atoms with van der Waals surface area (Å²) in [5.41, 5.74) is -0.979. The second-order valence-electron chi connectivity index (χ2n) is 7.13. The molecule has 0 N–H and O–H groups in total. The Morgan fingerprint density at radius 2 is 2.17 bits per heavy atom. The van der Waals surface area contributed by atoms with Crippen LogP contribution in [0.15, 0.2) is 21.9 Å². The third-order valence-corrected chi connectivity index (χ3v) is 6.68. The largest absolute Gasteiger partial charge is 0.454 e. The molecule has 2 atom stereocenters. The van der Waals surface area contributed by atoms with Crippen LogP contribution in [0.25, 0.3) is 0 Å². The Morgan fingerprint density at radius 3 is 2.93 bits per heavy atom. The van der Waals surface area contributed by atoms with Crippen molar-refractivity contribution < 1.29 is 32.2 Å². The van der Waals surface area contributed by atoms with E-state index in [-0.39, 0.29) is 37.6 Å². The van der Waals surface area contributed by atoms with Gasteiger partial charge in [-0.25, -0.2) is 14.6 Å². The number of carbonyl (C=O) groups is 2. The van der Waals surface area contributed by atoms with E-state index < -0.39 is 30.3 Å². The molecule has 0 spiro atoms. The zero-order valence-corrected chi connectivity index (χ0v) is 17.4. The molecule has 160 valence electrons. The van der Waals surface area contributed by atoms with Crippen molar-refractivity contribution in [3.63, 3.8) is 0 Å². The summed E-state index contributed by atoms with van der Waals surface area (Å²) in [5, 5.41) is 1.57. The molecule has 0 radical (unpaired) electrons. The molecule has 2 aliphatic rings. The van der Waals surface area contributed by atoms with Gasteiger partial charge in [0.15, 0.2) is 10.0 Å². The first-order valence-electron chi connectivity index (χ1n) is 9.14. The molecule has 11 heteroatoms. The number of halogens is 3. The Balaban J connectivity index is 1.79. The quantitative estimate of drug-likeness (QED) is 0.493. The minimum absolute atomic E-state index is 0.0537. The predicted molar refractivity (Wildman–Crippen MR) is 102 cm³/mol. The van der Waals surface area contributed by atoms with Crippen LogP contribution in [-0.4, -0.2) is 58.7 Å². The third-order valence-electron chi connectivity index (χ3n) is 4.68. The average molecular weight is 451 g/mol. The smallest absolute Gasteiger partial charge is 0.410 e. The number of amides is 1. The van der Waals surface area contributed by atoms with Crippen LogP contribution >= 0.6 is 23.1 Å². The van der Waals surface area contributed by atoms with Crippen molar-refractivity contribution in [1.82, 2.24) is 9.88 Å². The van der Waals surface area contributed by atoms with Gasteiger partial charge in [0.25, 0.3) is 0 Å². The minimum Gasteiger partial charge on any atom is -0.454 e. The van der Waals surface area contributed by atoms with Crippen LogP contribution < -0.4 is 0 Å². The van der Waals surface area contributed by atoms with Crippen LogP contribution in [0, 0.1) is 0 Å². The summed E-state index contributed by atoms with van der Waals surface area (Å²) in [4.78, 5) is 30.3. The van der Waals surface area contributed by atoms with Gasteiger partial charge in [0.2, 0.25) is 0 Å². The number of nitrogens with zero attached hydrogens (tertiary/aromatic N) is 2. The van der Waals surface area contributed by atoms with Gasteiger partial charge in [0, 0.05) is 30.5 Å². The van der Waals surface area contributed by atoms with E-state index in [0.717, 1.165) is 0 Å². The number of hydrogen-bond donors (Lipinski definition) is 0. The fourth-order valence-electron chi connectivity index (χ4n) is 3.14. The molecule has 3 rings (SSSR count). The van der Waals surface area contributed by atoms with E-state index in [9.17, 15) is 22.8 Å². The van der Waals surface area contributed by atoms with E-state index in [1.807, 2.05) is 0 Å². The number of thioether (sulfide) groups is 1. The molecule has 0 saturated carbocycles. The van der Waals surface area contributed by atoms with E-state index in [0.29, 0.717) is 16.6 Å². The summed E-state index contributed by atoms with van der Waals surface area (Å²) >= 11 is 2.70. The highest BCUT2D eigenvalue weighted by atomic mass is 32.2. The maximum Gasteiger partial charge on any atom is 0.410 e. The number of carbonyl (C=O) groups excluding carboxylic acids is 2. The number of cyclic esters (lactones) is 2. The summed E-state index contributed by atoms with van der Waals surface area (Å²) in [6.45, 7) is 2.29. The van der Waals surface area contributed by atoms with Crippen LogP contribution in [-0.2, 0) is 9.47 Å². The zero-order chi connectivity index (χ0) is 21.1. The highest BCUT2D eigenvalue weighted by Crippen LogP contribution is 2.31. The molecule has 1 aromatic rings. The Hall–Kier alpha value is -1.75. The molecular formula is C18H21F3N2O4S2. The van der Waals surface area contributed by atoms with Gasteiger partial charge in [-0.15, -0.1) is 11.3 Å².